The lowest BCUT2D eigenvalue weighted by molar-refractivity contribution is 0.0937. The minimum atomic E-state index is -0.137. The van der Waals surface area contributed by atoms with Crippen LogP contribution in [-0.2, 0) is 4.74 Å². The van der Waals surface area contributed by atoms with Gasteiger partial charge in [-0.2, -0.15) is 0 Å². The van der Waals surface area contributed by atoms with E-state index >= 15 is 0 Å². The molecular formula is C23H21N3O2S. The third kappa shape index (κ3) is 4.09. The zero-order chi connectivity index (χ0) is 20.2. The van der Waals surface area contributed by atoms with Crippen LogP contribution >= 0.6 is 11.8 Å². The van der Waals surface area contributed by atoms with E-state index in [1.807, 2.05) is 49.4 Å². The molecule has 0 radical (unpaired) electrons. The summed E-state index contributed by atoms with van der Waals surface area (Å²) in [5, 5.41) is 2.86. The predicted molar refractivity (Wildman–Crippen MR) is 115 cm³/mol. The molecule has 0 unspecified atom stereocenters. The highest BCUT2D eigenvalue weighted by molar-refractivity contribution is 7.99. The molecule has 1 N–H and O–H groups in total. The largest absolute Gasteiger partial charge is 0.383 e. The van der Waals surface area contributed by atoms with Crippen molar-refractivity contribution in [3.05, 3.63) is 83.2 Å². The van der Waals surface area contributed by atoms with Crippen LogP contribution in [0.5, 0.6) is 0 Å². The molecule has 4 rings (SSSR count). The summed E-state index contributed by atoms with van der Waals surface area (Å²) in [5.74, 6) is -0.137. The molecule has 1 aliphatic heterocycles. The fourth-order valence-electron chi connectivity index (χ4n) is 3.17. The van der Waals surface area contributed by atoms with Crippen LogP contribution in [0, 0.1) is 6.92 Å². The smallest absolute Gasteiger partial charge is 0.251 e. The van der Waals surface area contributed by atoms with Crippen molar-refractivity contribution in [1.29, 1.82) is 0 Å². The van der Waals surface area contributed by atoms with Gasteiger partial charge in [0.25, 0.3) is 5.91 Å². The molecule has 0 saturated carbocycles. The fourth-order valence-corrected chi connectivity index (χ4v) is 4.17. The summed E-state index contributed by atoms with van der Waals surface area (Å²) in [5.41, 5.74) is 5.12. The van der Waals surface area contributed by atoms with Gasteiger partial charge in [0, 0.05) is 40.8 Å². The lowest BCUT2D eigenvalue weighted by Gasteiger charge is -2.10. The Labute approximate surface area is 174 Å². The molecule has 146 valence electrons. The molecule has 2 heterocycles. The van der Waals surface area contributed by atoms with Gasteiger partial charge in [0.1, 0.15) is 0 Å². The molecule has 1 aromatic heterocycles. The zero-order valence-corrected chi connectivity index (χ0v) is 17.1. The molecule has 0 fully saturated rings. The summed E-state index contributed by atoms with van der Waals surface area (Å²) >= 11 is 1.66. The van der Waals surface area contributed by atoms with E-state index in [0.29, 0.717) is 18.7 Å². The first-order chi connectivity index (χ1) is 14.2. The number of carbonyl (C=O) groups excluding carboxylic acids is 1. The van der Waals surface area contributed by atoms with Gasteiger partial charge in [0.2, 0.25) is 0 Å². The van der Waals surface area contributed by atoms with Crippen LogP contribution in [0.4, 0.5) is 5.69 Å². The van der Waals surface area contributed by atoms with Gasteiger partial charge in [-0.15, -0.1) is 0 Å². The summed E-state index contributed by atoms with van der Waals surface area (Å²) in [6, 6.07) is 17.8. The van der Waals surface area contributed by atoms with Crippen molar-refractivity contribution in [1.82, 2.24) is 10.3 Å². The summed E-state index contributed by atoms with van der Waals surface area (Å²) in [6.45, 7) is 2.98. The first-order valence-corrected chi connectivity index (χ1v) is 10.2. The quantitative estimate of drug-likeness (QED) is 0.502. The van der Waals surface area contributed by atoms with Crippen LogP contribution in [0.2, 0.25) is 0 Å². The summed E-state index contributed by atoms with van der Waals surface area (Å²) in [7, 11) is 1.61. The maximum Gasteiger partial charge on any atom is 0.251 e. The lowest BCUT2D eigenvalue weighted by Crippen LogP contribution is -2.26. The number of aryl methyl sites for hydroxylation is 1. The Morgan fingerprint density at radius 2 is 1.97 bits per heavy atom. The van der Waals surface area contributed by atoms with E-state index in [1.165, 1.54) is 0 Å². The Hall–Kier alpha value is -2.96. The van der Waals surface area contributed by atoms with Crippen molar-refractivity contribution in [2.45, 2.75) is 16.7 Å². The van der Waals surface area contributed by atoms with E-state index < -0.39 is 0 Å². The molecule has 0 saturated heterocycles. The minimum absolute atomic E-state index is 0.137. The molecule has 2 aromatic carbocycles. The molecule has 29 heavy (non-hydrogen) atoms. The average Bonchev–Trinajstić information content (AvgIpc) is 2.90. The standard InChI is InChI=1S/C23H21N3O2S/c1-15-6-5-11-24-21(15)22-17-7-3-4-8-19(17)29-20-10-9-16(14-18(20)26-22)23(27)25-12-13-28-2/h3-11,14H,12-13H2,1-2H3,(H,25,27). The number of pyridine rings is 1. The Balaban J connectivity index is 1.81. The number of methoxy groups -OCH3 is 1. The number of hydrogen-bond donors (Lipinski definition) is 1. The number of hydrogen-bond acceptors (Lipinski definition) is 5. The normalized spacial score (nSPS) is 12.4. The minimum Gasteiger partial charge on any atom is -0.383 e. The van der Waals surface area contributed by atoms with Gasteiger partial charge in [0.15, 0.2) is 0 Å². The van der Waals surface area contributed by atoms with Crippen LogP contribution in [0.25, 0.3) is 0 Å². The van der Waals surface area contributed by atoms with Crippen LogP contribution in [0.1, 0.15) is 27.2 Å². The van der Waals surface area contributed by atoms with Gasteiger partial charge in [-0.05, 0) is 42.8 Å². The van der Waals surface area contributed by atoms with Gasteiger partial charge in [-0.25, -0.2) is 4.99 Å². The maximum absolute atomic E-state index is 12.5. The molecular weight excluding hydrogens is 382 g/mol. The Kier molecular flexibility index (Phi) is 5.74. The first-order valence-electron chi connectivity index (χ1n) is 9.36. The number of benzene rings is 2. The number of ether oxygens (including phenoxy) is 1. The monoisotopic (exact) mass is 403 g/mol. The molecule has 0 spiro atoms. The highest BCUT2D eigenvalue weighted by atomic mass is 32.2. The van der Waals surface area contributed by atoms with E-state index in [-0.39, 0.29) is 5.91 Å². The van der Waals surface area contributed by atoms with Crippen molar-refractivity contribution in [3.63, 3.8) is 0 Å². The maximum atomic E-state index is 12.5. The summed E-state index contributed by atoms with van der Waals surface area (Å²) in [6.07, 6.45) is 1.78. The fraction of sp³-hybridized carbons (Fsp3) is 0.174. The van der Waals surface area contributed by atoms with Gasteiger partial charge in [0.05, 0.1) is 23.7 Å². The van der Waals surface area contributed by atoms with E-state index in [9.17, 15) is 4.79 Å². The third-order valence-electron chi connectivity index (χ3n) is 4.64. The van der Waals surface area contributed by atoms with Gasteiger partial charge >= 0.3 is 0 Å². The number of nitrogens with zero attached hydrogens (tertiary/aromatic N) is 2. The van der Waals surface area contributed by atoms with Crippen molar-refractivity contribution in [2.24, 2.45) is 4.99 Å². The van der Waals surface area contributed by atoms with Gasteiger partial charge < -0.3 is 10.1 Å². The second kappa shape index (κ2) is 8.59. The Morgan fingerprint density at radius 1 is 1.10 bits per heavy atom. The lowest BCUT2D eigenvalue weighted by atomic mass is 10.0. The molecule has 5 nitrogen and oxygen atoms in total. The van der Waals surface area contributed by atoms with Crippen molar-refractivity contribution >= 4 is 29.1 Å². The summed E-state index contributed by atoms with van der Waals surface area (Å²) < 4.78 is 5.00. The predicted octanol–water partition coefficient (Wildman–Crippen LogP) is 4.40. The van der Waals surface area contributed by atoms with Crippen LogP contribution < -0.4 is 5.32 Å². The number of aliphatic imine (C=N–C) groups is 1. The van der Waals surface area contributed by atoms with Crippen molar-refractivity contribution in [3.8, 4) is 0 Å². The molecule has 3 aromatic rings. The number of nitrogens with one attached hydrogen (secondary N) is 1. The topological polar surface area (TPSA) is 63.6 Å². The molecule has 1 aliphatic rings. The van der Waals surface area contributed by atoms with E-state index in [1.54, 1.807) is 25.1 Å². The van der Waals surface area contributed by atoms with E-state index in [0.717, 1.165) is 38.0 Å². The number of fused-ring (bicyclic) bond motifs is 2. The second-order valence-corrected chi connectivity index (χ2v) is 7.74. The van der Waals surface area contributed by atoms with Gasteiger partial charge in [-0.1, -0.05) is 36.0 Å². The highest BCUT2D eigenvalue weighted by Crippen LogP contribution is 2.41. The number of rotatable bonds is 5. The SMILES string of the molecule is COCCNC(=O)c1ccc2c(c1)N=C(c1ncccc1C)c1ccccc1S2. The van der Waals surface area contributed by atoms with Gasteiger partial charge in [-0.3, -0.25) is 9.78 Å². The molecule has 0 atom stereocenters. The van der Waals surface area contributed by atoms with Crippen LogP contribution in [0.15, 0.2) is 75.6 Å². The molecule has 0 aliphatic carbocycles. The third-order valence-corrected chi connectivity index (χ3v) is 5.78. The number of amides is 1. The molecule has 0 bridgehead atoms. The average molecular weight is 404 g/mol. The first kappa shape index (κ1) is 19.4. The highest BCUT2D eigenvalue weighted by Gasteiger charge is 2.21. The molecule has 1 amide bonds. The van der Waals surface area contributed by atoms with Crippen molar-refractivity contribution in [2.75, 3.05) is 20.3 Å². The number of carbonyl (C=O) groups is 1. The van der Waals surface area contributed by atoms with E-state index in [2.05, 4.69) is 22.4 Å². The number of aromatic nitrogens is 1. The van der Waals surface area contributed by atoms with Crippen LogP contribution in [0.3, 0.4) is 0 Å². The Morgan fingerprint density at radius 3 is 2.79 bits per heavy atom. The second-order valence-electron chi connectivity index (χ2n) is 6.66. The summed E-state index contributed by atoms with van der Waals surface area (Å²) in [4.78, 5) is 24.2. The van der Waals surface area contributed by atoms with E-state index in [4.69, 9.17) is 9.73 Å². The van der Waals surface area contributed by atoms with Crippen molar-refractivity contribution < 1.29 is 9.53 Å². The Bertz CT molecular complexity index is 1090. The van der Waals surface area contributed by atoms with Crippen LogP contribution in [-0.4, -0.2) is 36.9 Å². The molecule has 6 heteroatoms. The zero-order valence-electron chi connectivity index (χ0n) is 16.3.